The molecule has 1 N–H and O–H groups in total. The monoisotopic (exact) mass is 350 g/mol. The van der Waals surface area contributed by atoms with Gasteiger partial charge in [-0.3, -0.25) is 4.68 Å². The van der Waals surface area contributed by atoms with Crippen LogP contribution in [0, 0.1) is 0 Å². The lowest BCUT2D eigenvalue weighted by atomic mass is 10.3. The molecule has 1 aromatic carbocycles. The van der Waals surface area contributed by atoms with Gasteiger partial charge in [-0.25, -0.2) is 13.2 Å². The molecule has 24 heavy (non-hydrogen) atoms. The second kappa shape index (κ2) is 7.96. The van der Waals surface area contributed by atoms with E-state index in [0.717, 1.165) is 5.56 Å². The summed E-state index contributed by atoms with van der Waals surface area (Å²) in [7, 11) is 0.200. The van der Waals surface area contributed by atoms with Crippen molar-refractivity contribution >= 4 is 15.9 Å². The van der Waals surface area contributed by atoms with Crippen molar-refractivity contribution in [2.75, 3.05) is 19.3 Å². The zero-order valence-corrected chi connectivity index (χ0v) is 14.7. The smallest absolute Gasteiger partial charge is 0.317 e. The molecule has 2 rings (SSSR count). The maximum atomic E-state index is 12.1. The van der Waals surface area contributed by atoms with Crippen molar-refractivity contribution in [3.05, 3.63) is 48.3 Å². The van der Waals surface area contributed by atoms with Gasteiger partial charge in [-0.05, 0) is 18.6 Å². The molecule has 0 aliphatic rings. The van der Waals surface area contributed by atoms with Crippen LogP contribution in [0.2, 0.25) is 0 Å². The van der Waals surface area contributed by atoms with Crippen molar-refractivity contribution in [2.24, 2.45) is 7.05 Å². The summed E-state index contributed by atoms with van der Waals surface area (Å²) in [5.41, 5.74) is 0.932. The van der Waals surface area contributed by atoms with Crippen LogP contribution in [0.1, 0.15) is 12.0 Å². The Morgan fingerprint density at radius 1 is 1.29 bits per heavy atom. The van der Waals surface area contributed by atoms with Gasteiger partial charge in [0.2, 0.25) is 0 Å². The molecule has 0 fully saturated rings. The minimum atomic E-state index is -3.30. The van der Waals surface area contributed by atoms with Gasteiger partial charge in [0.15, 0.2) is 9.84 Å². The van der Waals surface area contributed by atoms with Gasteiger partial charge >= 0.3 is 6.03 Å². The Morgan fingerprint density at radius 2 is 2.00 bits per heavy atom. The fraction of sp³-hybridized carbons (Fsp3) is 0.375. The normalized spacial score (nSPS) is 11.2. The van der Waals surface area contributed by atoms with Gasteiger partial charge in [0.1, 0.15) is 0 Å². The molecule has 7 nitrogen and oxygen atoms in total. The molecule has 0 saturated carbocycles. The van der Waals surface area contributed by atoms with Crippen molar-refractivity contribution in [3.8, 4) is 0 Å². The summed E-state index contributed by atoms with van der Waals surface area (Å²) in [5, 5.41) is 6.78. The van der Waals surface area contributed by atoms with Crippen LogP contribution in [0.25, 0.3) is 0 Å². The number of benzene rings is 1. The van der Waals surface area contributed by atoms with Crippen molar-refractivity contribution in [2.45, 2.75) is 17.9 Å². The zero-order chi connectivity index (χ0) is 17.6. The predicted molar refractivity (Wildman–Crippen MR) is 91.2 cm³/mol. The number of hydrogen-bond donors (Lipinski definition) is 1. The number of amides is 2. The van der Waals surface area contributed by atoms with Gasteiger partial charge in [0, 0.05) is 32.4 Å². The van der Waals surface area contributed by atoms with E-state index in [1.807, 2.05) is 13.2 Å². The molecule has 0 bridgehead atoms. The van der Waals surface area contributed by atoms with E-state index in [4.69, 9.17) is 0 Å². The van der Waals surface area contributed by atoms with Crippen LogP contribution in [-0.4, -0.2) is 48.5 Å². The van der Waals surface area contributed by atoms with Crippen molar-refractivity contribution in [1.29, 1.82) is 0 Å². The summed E-state index contributed by atoms with van der Waals surface area (Å²) in [6, 6.07) is 8.09. The molecule has 0 aliphatic heterocycles. The number of rotatable bonds is 7. The molecular formula is C16H22N4O3S. The van der Waals surface area contributed by atoms with E-state index < -0.39 is 9.84 Å². The molecule has 130 valence electrons. The second-order valence-electron chi connectivity index (χ2n) is 5.60. The van der Waals surface area contributed by atoms with Crippen LogP contribution >= 0.6 is 0 Å². The minimum Gasteiger partial charge on any atom is -0.338 e. The third kappa shape index (κ3) is 5.09. The number of aryl methyl sites for hydroxylation is 1. The summed E-state index contributed by atoms with van der Waals surface area (Å²) >= 11 is 0. The maximum Gasteiger partial charge on any atom is 0.317 e. The highest BCUT2D eigenvalue weighted by molar-refractivity contribution is 7.91. The van der Waals surface area contributed by atoms with Crippen LogP contribution < -0.4 is 5.32 Å². The van der Waals surface area contributed by atoms with Crippen molar-refractivity contribution in [1.82, 2.24) is 20.0 Å². The Hall–Kier alpha value is -2.35. The highest BCUT2D eigenvalue weighted by atomic mass is 32.2. The molecule has 0 radical (unpaired) electrons. The number of carbonyl (C=O) groups is 1. The first-order valence-electron chi connectivity index (χ1n) is 7.63. The van der Waals surface area contributed by atoms with Crippen LogP contribution in [0.15, 0.2) is 47.6 Å². The van der Waals surface area contributed by atoms with E-state index in [-0.39, 0.29) is 11.8 Å². The Labute approximate surface area is 142 Å². The molecule has 0 atom stereocenters. The average Bonchev–Trinajstić information content (AvgIpc) is 2.97. The van der Waals surface area contributed by atoms with Gasteiger partial charge in [-0.15, -0.1) is 0 Å². The van der Waals surface area contributed by atoms with E-state index in [0.29, 0.717) is 24.4 Å². The molecule has 0 aliphatic carbocycles. The molecule has 1 heterocycles. The predicted octanol–water partition coefficient (Wildman–Crippen LogP) is 1.43. The van der Waals surface area contributed by atoms with Gasteiger partial charge in [-0.1, -0.05) is 18.2 Å². The first kappa shape index (κ1) is 18.0. The zero-order valence-electron chi connectivity index (χ0n) is 13.8. The van der Waals surface area contributed by atoms with E-state index in [1.165, 1.54) is 4.90 Å². The molecule has 0 saturated heterocycles. The molecule has 0 unspecified atom stereocenters. The highest BCUT2D eigenvalue weighted by Crippen LogP contribution is 2.10. The van der Waals surface area contributed by atoms with E-state index in [9.17, 15) is 13.2 Å². The number of urea groups is 1. The van der Waals surface area contributed by atoms with E-state index in [2.05, 4.69) is 10.4 Å². The van der Waals surface area contributed by atoms with Gasteiger partial charge in [0.25, 0.3) is 0 Å². The fourth-order valence-electron chi connectivity index (χ4n) is 2.24. The Bertz CT molecular complexity index is 772. The van der Waals surface area contributed by atoms with Gasteiger partial charge in [-0.2, -0.15) is 5.10 Å². The molecule has 8 heteroatoms. The van der Waals surface area contributed by atoms with E-state index in [1.54, 1.807) is 48.3 Å². The molecule has 2 aromatic rings. The Kier molecular flexibility index (Phi) is 5.97. The number of carbonyl (C=O) groups excluding carboxylic acids is 1. The number of sulfone groups is 1. The number of nitrogens with zero attached hydrogens (tertiary/aromatic N) is 3. The lowest BCUT2D eigenvalue weighted by Crippen LogP contribution is -2.37. The topological polar surface area (TPSA) is 84.3 Å². The minimum absolute atomic E-state index is 0.00358. The van der Waals surface area contributed by atoms with Crippen LogP contribution in [0.4, 0.5) is 4.79 Å². The molecule has 1 aromatic heterocycles. The van der Waals surface area contributed by atoms with Gasteiger partial charge < -0.3 is 10.2 Å². The maximum absolute atomic E-state index is 12.1. The third-order valence-corrected chi connectivity index (χ3v) is 5.31. The third-order valence-electron chi connectivity index (χ3n) is 3.49. The van der Waals surface area contributed by atoms with Gasteiger partial charge in [0.05, 0.1) is 23.4 Å². The van der Waals surface area contributed by atoms with Crippen molar-refractivity contribution < 1.29 is 13.2 Å². The lowest BCUT2D eigenvalue weighted by Gasteiger charge is -2.17. The fourth-order valence-corrected chi connectivity index (χ4v) is 3.57. The summed E-state index contributed by atoms with van der Waals surface area (Å²) < 4.78 is 25.9. The quantitative estimate of drug-likeness (QED) is 0.766. The summed E-state index contributed by atoms with van der Waals surface area (Å²) in [6.07, 6.45) is 3.91. The molecule has 2 amide bonds. The first-order valence-corrected chi connectivity index (χ1v) is 9.28. The lowest BCUT2D eigenvalue weighted by molar-refractivity contribution is 0.207. The number of aromatic nitrogens is 2. The van der Waals surface area contributed by atoms with E-state index >= 15 is 0 Å². The molecular weight excluding hydrogens is 328 g/mol. The largest absolute Gasteiger partial charge is 0.338 e. The van der Waals surface area contributed by atoms with Crippen LogP contribution in [0.3, 0.4) is 0 Å². The Morgan fingerprint density at radius 3 is 2.62 bits per heavy atom. The Balaban J connectivity index is 1.74. The molecule has 0 spiro atoms. The van der Waals surface area contributed by atoms with Crippen LogP contribution in [-0.2, 0) is 23.4 Å². The van der Waals surface area contributed by atoms with Crippen molar-refractivity contribution in [3.63, 3.8) is 0 Å². The average molecular weight is 350 g/mol. The summed E-state index contributed by atoms with van der Waals surface area (Å²) in [5.74, 6) is 0.00358. The first-order chi connectivity index (χ1) is 11.4. The van der Waals surface area contributed by atoms with Crippen LogP contribution in [0.5, 0.6) is 0 Å². The highest BCUT2D eigenvalue weighted by Gasteiger charge is 2.14. The standard InChI is InChI=1S/C16H22N4O3S/c1-19(12-14-11-18-20(2)13-14)16(21)17-9-6-10-24(22,23)15-7-4-3-5-8-15/h3-5,7-8,11,13H,6,9-10,12H2,1-2H3,(H,17,21). The SMILES string of the molecule is CN(Cc1cnn(C)c1)C(=O)NCCCS(=O)(=O)c1ccccc1. The summed E-state index contributed by atoms with van der Waals surface area (Å²) in [4.78, 5) is 13.8. The number of hydrogen-bond acceptors (Lipinski definition) is 4. The summed E-state index contributed by atoms with van der Waals surface area (Å²) in [6.45, 7) is 0.754. The number of nitrogens with one attached hydrogen (secondary N) is 1. The second-order valence-corrected chi connectivity index (χ2v) is 7.70.